The fraction of sp³-hybridized carbons (Fsp3) is 0.211. The van der Waals surface area contributed by atoms with Crippen molar-refractivity contribution in [3.8, 4) is 5.69 Å². The second-order valence-electron chi connectivity index (χ2n) is 6.34. The molecule has 0 bridgehead atoms. The van der Waals surface area contributed by atoms with Crippen molar-refractivity contribution in [2.45, 2.75) is 31.2 Å². The van der Waals surface area contributed by atoms with Gasteiger partial charge in [-0.1, -0.05) is 42.1 Å². The molecule has 0 aliphatic carbocycles. The van der Waals surface area contributed by atoms with Crippen molar-refractivity contribution in [1.82, 2.24) is 30.2 Å². The molecule has 2 aromatic heterocycles. The van der Waals surface area contributed by atoms with Crippen LogP contribution in [0.2, 0.25) is 0 Å². The maximum absolute atomic E-state index is 12.3. The summed E-state index contributed by atoms with van der Waals surface area (Å²) in [5, 5.41) is 13.3. The Hall–Kier alpha value is -3.00. The van der Waals surface area contributed by atoms with Crippen molar-refractivity contribution < 1.29 is 0 Å². The van der Waals surface area contributed by atoms with E-state index in [4.69, 9.17) is 0 Å². The number of hydrogen-bond acceptors (Lipinski definition) is 6. The Morgan fingerprint density at radius 1 is 1.07 bits per heavy atom. The van der Waals surface area contributed by atoms with E-state index < -0.39 is 0 Å². The Bertz CT molecular complexity index is 1160. The predicted molar refractivity (Wildman–Crippen MR) is 105 cm³/mol. The van der Waals surface area contributed by atoms with Gasteiger partial charge in [-0.05, 0) is 54.5 Å². The first-order chi connectivity index (χ1) is 13.0. The molecular formula is C19H18N6OS. The van der Waals surface area contributed by atoms with Crippen molar-refractivity contribution in [2.75, 3.05) is 0 Å². The number of aryl methyl sites for hydroxylation is 2. The van der Waals surface area contributed by atoms with Crippen LogP contribution in [0.25, 0.3) is 16.6 Å². The van der Waals surface area contributed by atoms with Crippen LogP contribution in [0, 0.1) is 13.8 Å². The summed E-state index contributed by atoms with van der Waals surface area (Å²) in [5.74, 6) is 0.597. The SMILES string of the molecule is Cc1cccc(C)c1-n1nnnc1S[C@@H](C)c1nc2ccccc2c(=O)[nH]1. The zero-order valence-electron chi connectivity index (χ0n) is 15.2. The number of tetrazole rings is 1. The van der Waals surface area contributed by atoms with E-state index in [0.29, 0.717) is 21.9 Å². The number of benzene rings is 2. The highest BCUT2D eigenvalue weighted by Crippen LogP contribution is 2.33. The second kappa shape index (κ2) is 6.96. The summed E-state index contributed by atoms with van der Waals surface area (Å²) < 4.78 is 1.74. The number of hydrogen-bond donors (Lipinski definition) is 1. The molecule has 4 aromatic rings. The molecule has 7 nitrogen and oxygen atoms in total. The first-order valence-electron chi connectivity index (χ1n) is 8.55. The van der Waals surface area contributed by atoms with Crippen LogP contribution in [0.1, 0.15) is 29.1 Å². The summed E-state index contributed by atoms with van der Waals surface area (Å²) in [7, 11) is 0. The predicted octanol–water partition coefficient (Wildman–Crippen LogP) is 3.37. The number of para-hydroxylation sites is 2. The lowest BCUT2D eigenvalue weighted by Crippen LogP contribution is -2.13. The number of H-pyrrole nitrogens is 1. The molecule has 27 heavy (non-hydrogen) atoms. The van der Waals surface area contributed by atoms with Gasteiger partial charge in [-0.2, -0.15) is 4.68 Å². The molecule has 0 saturated heterocycles. The molecule has 1 N–H and O–H groups in total. The molecule has 0 aliphatic rings. The van der Waals surface area contributed by atoms with Gasteiger partial charge in [0.25, 0.3) is 5.56 Å². The highest BCUT2D eigenvalue weighted by atomic mass is 32.2. The van der Waals surface area contributed by atoms with E-state index in [0.717, 1.165) is 16.8 Å². The van der Waals surface area contributed by atoms with Gasteiger partial charge in [0.05, 0.1) is 21.8 Å². The lowest BCUT2D eigenvalue weighted by atomic mass is 10.1. The number of fused-ring (bicyclic) bond motifs is 1. The van der Waals surface area contributed by atoms with Crippen LogP contribution >= 0.6 is 11.8 Å². The Kier molecular flexibility index (Phi) is 4.49. The molecule has 0 saturated carbocycles. The molecule has 1 atom stereocenters. The number of aromatic nitrogens is 6. The Morgan fingerprint density at radius 2 is 1.81 bits per heavy atom. The van der Waals surface area contributed by atoms with E-state index in [1.165, 1.54) is 11.8 Å². The average molecular weight is 378 g/mol. The molecule has 2 aromatic carbocycles. The van der Waals surface area contributed by atoms with Gasteiger partial charge >= 0.3 is 0 Å². The quantitative estimate of drug-likeness (QED) is 0.548. The van der Waals surface area contributed by atoms with E-state index in [1.54, 1.807) is 10.7 Å². The fourth-order valence-electron chi connectivity index (χ4n) is 3.04. The van der Waals surface area contributed by atoms with Gasteiger partial charge in [0.2, 0.25) is 5.16 Å². The number of nitrogens with zero attached hydrogens (tertiary/aromatic N) is 5. The number of nitrogens with one attached hydrogen (secondary N) is 1. The second-order valence-corrected chi connectivity index (χ2v) is 7.65. The Morgan fingerprint density at radius 3 is 2.59 bits per heavy atom. The maximum Gasteiger partial charge on any atom is 0.258 e. The van der Waals surface area contributed by atoms with Gasteiger partial charge in [-0.25, -0.2) is 4.98 Å². The molecule has 8 heteroatoms. The molecule has 2 heterocycles. The van der Waals surface area contributed by atoms with Gasteiger partial charge in [0, 0.05) is 0 Å². The summed E-state index contributed by atoms with van der Waals surface area (Å²) in [6, 6.07) is 13.4. The summed E-state index contributed by atoms with van der Waals surface area (Å²) >= 11 is 1.45. The van der Waals surface area contributed by atoms with Gasteiger partial charge in [0.15, 0.2) is 0 Å². The fourth-order valence-corrected chi connectivity index (χ4v) is 3.89. The molecule has 4 rings (SSSR count). The summed E-state index contributed by atoms with van der Waals surface area (Å²) in [6.45, 7) is 6.04. The lowest BCUT2D eigenvalue weighted by molar-refractivity contribution is 0.745. The Labute approximate surface area is 159 Å². The molecule has 0 aliphatic heterocycles. The maximum atomic E-state index is 12.3. The standard InChI is InChI=1S/C19H18N6OS/c1-11-7-6-8-12(2)16(11)25-19(22-23-24-25)27-13(3)17-20-15-10-5-4-9-14(15)18(26)21-17/h4-10,13H,1-3H3,(H,20,21,26)/t13-/m0/s1. The van der Waals surface area contributed by atoms with Crippen LogP contribution < -0.4 is 5.56 Å². The number of aromatic amines is 1. The molecule has 0 amide bonds. The first kappa shape index (κ1) is 17.4. The monoisotopic (exact) mass is 378 g/mol. The Balaban J connectivity index is 1.70. The average Bonchev–Trinajstić information content (AvgIpc) is 3.09. The van der Waals surface area contributed by atoms with E-state index in [9.17, 15) is 4.79 Å². The highest BCUT2D eigenvalue weighted by Gasteiger charge is 2.19. The largest absolute Gasteiger partial charge is 0.309 e. The van der Waals surface area contributed by atoms with E-state index in [1.807, 2.05) is 57.2 Å². The number of rotatable bonds is 4. The third-order valence-corrected chi connectivity index (χ3v) is 5.43. The van der Waals surface area contributed by atoms with Crippen LogP contribution in [-0.4, -0.2) is 30.2 Å². The number of thioether (sulfide) groups is 1. The minimum atomic E-state index is -0.141. The van der Waals surface area contributed by atoms with Crippen molar-refractivity contribution in [3.63, 3.8) is 0 Å². The van der Waals surface area contributed by atoms with Crippen LogP contribution in [0.5, 0.6) is 0 Å². The van der Waals surface area contributed by atoms with Gasteiger partial charge < -0.3 is 4.98 Å². The van der Waals surface area contributed by atoms with Crippen LogP contribution in [0.15, 0.2) is 52.4 Å². The van der Waals surface area contributed by atoms with Crippen molar-refractivity contribution in [3.05, 3.63) is 69.8 Å². The minimum Gasteiger partial charge on any atom is -0.309 e. The minimum absolute atomic E-state index is 0.128. The van der Waals surface area contributed by atoms with Gasteiger partial charge in [-0.15, -0.1) is 5.10 Å². The van der Waals surface area contributed by atoms with E-state index in [-0.39, 0.29) is 10.8 Å². The van der Waals surface area contributed by atoms with Gasteiger partial charge in [0.1, 0.15) is 5.82 Å². The van der Waals surface area contributed by atoms with Crippen molar-refractivity contribution in [1.29, 1.82) is 0 Å². The van der Waals surface area contributed by atoms with E-state index in [2.05, 4.69) is 25.5 Å². The topological polar surface area (TPSA) is 89.3 Å². The van der Waals surface area contributed by atoms with Crippen molar-refractivity contribution >= 4 is 22.7 Å². The highest BCUT2D eigenvalue weighted by molar-refractivity contribution is 7.99. The van der Waals surface area contributed by atoms with E-state index >= 15 is 0 Å². The molecular weight excluding hydrogens is 360 g/mol. The molecule has 0 spiro atoms. The third kappa shape index (κ3) is 3.23. The zero-order valence-corrected chi connectivity index (χ0v) is 16.0. The summed E-state index contributed by atoms with van der Waals surface area (Å²) in [5.41, 5.74) is 3.69. The van der Waals surface area contributed by atoms with Crippen LogP contribution in [-0.2, 0) is 0 Å². The lowest BCUT2D eigenvalue weighted by Gasteiger charge is -2.13. The summed E-state index contributed by atoms with van der Waals surface area (Å²) in [4.78, 5) is 19.8. The molecule has 0 fully saturated rings. The molecule has 136 valence electrons. The molecule has 0 unspecified atom stereocenters. The summed E-state index contributed by atoms with van der Waals surface area (Å²) in [6.07, 6.45) is 0. The van der Waals surface area contributed by atoms with Crippen molar-refractivity contribution in [2.24, 2.45) is 0 Å². The zero-order chi connectivity index (χ0) is 19.0. The molecule has 0 radical (unpaired) electrons. The first-order valence-corrected chi connectivity index (χ1v) is 9.43. The smallest absolute Gasteiger partial charge is 0.258 e. The van der Waals surface area contributed by atoms with Crippen LogP contribution in [0.3, 0.4) is 0 Å². The normalized spacial score (nSPS) is 12.4. The van der Waals surface area contributed by atoms with Crippen LogP contribution in [0.4, 0.5) is 0 Å². The van der Waals surface area contributed by atoms with Gasteiger partial charge in [-0.3, -0.25) is 4.79 Å². The third-order valence-electron chi connectivity index (χ3n) is 4.39.